The van der Waals surface area contributed by atoms with Gasteiger partial charge in [0, 0.05) is 6.04 Å². The third-order valence-corrected chi connectivity index (χ3v) is 6.62. The SMILES string of the molecule is CNC(CC1CC2CCC1C2)C1CCC(C(F)(F)F)CC1. The summed E-state index contributed by atoms with van der Waals surface area (Å²) in [6.45, 7) is 0. The monoisotopic (exact) mass is 303 g/mol. The molecule has 0 aromatic carbocycles. The molecule has 0 aromatic heterocycles. The number of halogens is 3. The van der Waals surface area contributed by atoms with Crippen molar-refractivity contribution in [1.82, 2.24) is 5.32 Å². The summed E-state index contributed by atoms with van der Waals surface area (Å²) in [6, 6.07) is 0.434. The fourth-order valence-corrected chi connectivity index (χ4v) is 5.39. The van der Waals surface area contributed by atoms with Crippen molar-refractivity contribution in [2.75, 3.05) is 7.05 Å². The van der Waals surface area contributed by atoms with E-state index < -0.39 is 12.1 Å². The lowest BCUT2D eigenvalue weighted by atomic mass is 9.74. The first-order valence-corrected chi connectivity index (χ1v) is 8.71. The molecule has 3 aliphatic carbocycles. The van der Waals surface area contributed by atoms with E-state index in [2.05, 4.69) is 5.32 Å². The quantitative estimate of drug-likeness (QED) is 0.789. The molecule has 4 atom stereocenters. The van der Waals surface area contributed by atoms with Crippen LogP contribution >= 0.6 is 0 Å². The molecular weight excluding hydrogens is 275 g/mol. The van der Waals surface area contributed by atoms with Gasteiger partial charge in [0.25, 0.3) is 0 Å². The molecule has 3 rings (SSSR count). The van der Waals surface area contributed by atoms with Gasteiger partial charge in [-0.3, -0.25) is 0 Å². The Hall–Kier alpha value is -0.250. The summed E-state index contributed by atoms with van der Waals surface area (Å²) in [6.07, 6.45) is 4.99. The maximum absolute atomic E-state index is 12.8. The van der Waals surface area contributed by atoms with Crippen molar-refractivity contribution in [2.24, 2.45) is 29.6 Å². The molecule has 3 fully saturated rings. The van der Waals surface area contributed by atoms with Gasteiger partial charge in [0.05, 0.1) is 5.92 Å². The molecule has 3 aliphatic rings. The van der Waals surface area contributed by atoms with Crippen molar-refractivity contribution >= 4 is 0 Å². The maximum Gasteiger partial charge on any atom is 0.391 e. The Morgan fingerprint density at radius 2 is 1.71 bits per heavy atom. The second-order valence-electron chi connectivity index (χ2n) is 7.72. The van der Waals surface area contributed by atoms with Crippen LogP contribution < -0.4 is 5.32 Å². The van der Waals surface area contributed by atoms with Gasteiger partial charge in [-0.25, -0.2) is 0 Å². The van der Waals surface area contributed by atoms with Crippen LogP contribution in [-0.2, 0) is 0 Å². The van der Waals surface area contributed by atoms with Crippen LogP contribution in [0.2, 0.25) is 0 Å². The summed E-state index contributed by atoms with van der Waals surface area (Å²) in [5, 5.41) is 3.43. The lowest BCUT2D eigenvalue weighted by molar-refractivity contribution is -0.184. The second-order valence-corrected chi connectivity index (χ2v) is 7.72. The molecule has 2 bridgehead atoms. The number of nitrogens with one attached hydrogen (secondary N) is 1. The van der Waals surface area contributed by atoms with Crippen molar-refractivity contribution in [3.05, 3.63) is 0 Å². The van der Waals surface area contributed by atoms with Crippen molar-refractivity contribution in [3.8, 4) is 0 Å². The Kier molecular flexibility index (Phi) is 4.54. The third-order valence-electron chi connectivity index (χ3n) is 6.62. The molecule has 21 heavy (non-hydrogen) atoms. The van der Waals surface area contributed by atoms with Crippen LogP contribution in [0.3, 0.4) is 0 Å². The highest BCUT2D eigenvalue weighted by Gasteiger charge is 2.44. The van der Waals surface area contributed by atoms with Crippen LogP contribution in [0.25, 0.3) is 0 Å². The molecule has 4 unspecified atom stereocenters. The number of hydrogen-bond donors (Lipinski definition) is 1. The predicted molar refractivity (Wildman–Crippen MR) is 77.9 cm³/mol. The number of fused-ring (bicyclic) bond motifs is 2. The predicted octanol–water partition coefficient (Wildman–Crippen LogP) is 4.77. The zero-order chi connectivity index (χ0) is 15.0. The van der Waals surface area contributed by atoms with E-state index in [1.165, 1.54) is 32.1 Å². The summed E-state index contributed by atoms with van der Waals surface area (Å²) in [5.41, 5.74) is 0. The minimum atomic E-state index is -3.98. The molecule has 0 amide bonds. The normalized spacial score (nSPS) is 41.4. The summed E-state index contributed by atoms with van der Waals surface area (Å²) < 4.78 is 38.3. The van der Waals surface area contributed by atoms with Gasteiger partial charge < -0.3 is 5.32 Å². The van der Waals surface area contributed by atoms with Gasteiger partial charge in [0.1, 0.15) is 0 Å². The standard InChI is InChI=1S/C17H28F3N/c1-21-16(10-14-9-11-2-3-13(14)8-11)12-4-6-15(7-5-12)17(18,19)20/h11-16,21H,2-10H2,1H3. The Bertz CT molecular complexity index is 346. The van der Waals surface area contributed by atoms with E-state index in [1.807, 2.05) is 7.05 Å². The summed E-state index contributed by atoms with van der Waals surface area (Å²) in [4.78, 5) is 0. The van der Waals surface area contributed by atoms with Gasteiger partial charge in [-0.05, 0) is 82.1 Å². The molecule has 3 saturated carbocycles. The third kappa shape index (κ3) is 3.40. The van der Waals surface area contributed by atoms with E-state index in [9.17, 15) is 13.2 Å². The minimum Gasteiger partial charge on any atom is -0.317 e. The number of hydrogen-bond acceptors (Lipinski definition) is 1. The van der Waals surface area contributed by atoms with E-state index >= 15 is 0 Å². The summed E-state index contributed by atoms with van der Waals surface area (Å²) >= 11 is 0. The van der Waals surface area contributed by atoms with Crippen molar-refractivity contribution in [2.45, 2.75) is 70.0 Å². The van der Waals surface area contributed by atoms with Gasteiger partial charge >= 0.3 is 6.18 Å². The molecule has 1 N–H and O–H groups in total. The lowest BCUT2D eigenvalue weighted by Gasteiger charge is -2.36. The molecule has 0 spiro atoms. The zero-order valence-electron chi connectivity index (χ0n) is 13.0. The minimum absolute atomic E-state index is 0.336. The van der Waals surface area contributed by atoms with Crippen LogP contribution in [0, 0.1) is 29.6 Å². The van der Waals surface area contributed by atoms with Gasteiger partial charge in [0.2, 0.25) is 0 Å². The summed E-state index contributed by atoms with van der Waals surface area (Å²) in [5.74, 6) is 2.11. The highest BCUT2D eigenvalue weighted by molar-refractivity contribution is 4.93. The largest absolute Gasteiger partial charge is 0.391 e. The van der Waals surface area contributed by atoms with E-state index in [1.54, 1.807) is 0 Å². The molecule has 0 aromatic rings. The second kappa shape index (κ2) is 6.10. The highest BCUT2D eigenvalue weighted by Crippen LogP contribution is 2.51. The van der Waals surface area contributed by atoms with Crippen molar-refractivity contribution < 1.29 is 13.2 Å². The van der Waals surface area contributed by atoms with E-state index in [0.717, 1.165) is 30.6 Å². The molecule has 0 radical (unpaired) electrons. The van der Waals surface area contributed by atoms with Gasteiger partial charge in [-0.2, -0.15) is 13.2 Å². The average molecular weight is 303 g/mol. The van der Waals surface area contributed by atoms with Gasteiger partial charge in [0.15, 0.2) is 0 Å². The molecule has 0 saturated heterocycles. The van der Waals surface area contributed by atoms with Crippen molar-refractivity contribution in [3.63, 3.8) is 0 Å². The Morgan fingerprint density at radius 3 is 2.19 bits per heavy atom. The first-order chi connectivity index (χ1) is 9.97. The highest BCUT2D eigenvalue weighted by atomic mass is 19.4. The van der Waals surface area contributed by atoms with Gasteiger partial charge in [-0.1, -0.05) is 6.42 Å². The van der Waals surface area contributed by atoms with E-state index in [-0.39, 0.29) is 0 Å². The summed E-state index contributed by atoms with van der Waals surface area (Å²) in [7, 11) is 1.99. The van der Waals surface area contributed by atoms with Crippen molar-refractivity contribution in [1.29, 1.82) is 0 Å². The Labute approximate surface area is 126 Å². The van der Waals surface area contributed by atoms with Crippen LogP contribution in [-0.4, -0.2) is 19.3 Å². The van der Waals surface area contributed by atoms with Crippen LogP contribution in [0.5, 0.6) is 0 Å². The first kappa shape index (κ1) is 15.6. The maximum atomic E-state index is 12.8. The fraction of sp³-hybridized carbons (Fsp3) is 1.00. The molecule has 122 valence electrons. The Balaban J connectivity index is 1.51. The molecule has 0 heterocycles. The lowest BCUT2D eigenvalue weighted by Crippen LogP contribution is -2.39. The van der Waals surface area contributed by atoms with Crippen LogP contribution in [0.4, 0.5) is 13.2 Å². The molecular formula is C17H28F3N. The number of alkyl halides is 3. The van der Waals surface area contributed by atoms with Gasteiger partial charge in [-0.15, -0.1) is 0 Å². The topological polar surface area (TPSA) is 12.0 Å². The smallest absolute Gasteiger partial charge is 0.317 e. The molecule has 0 aliphatic heterocycles. The van der Waals surface area contributed by atoms with Crippen LogP contribution in [0.15, 0.2) is 0 Å². The molecule has 1 nitrogen and oxygen atoms in total. The zero-order valence-corrected chi connectivity index (χ0v) is 13.0. The number of rotatable bonds is 4. The fourth-order valence-electron chi connectivity index (χ4n) is 5.39. The van der Waals surface area contributed by atoms with E-state index in [4.69, 9.17) is 0 Å². The van der Waals surface area contributed by atoms with E-state index in [0.29, 0.717) is 24.8 Å². The average Bonchev–Trinajstić information content (AvgIpc) is 3.06. The van der Waals surface area contributed by atoms with Crippen LogP contribution in [0.1, 0.15) is 57.8 Å². The Morgan fingerprint density at radius 1 is 1.00 bits per heavy atom. The first-order valence-electron chi connectivity index (χ1n) is 8.71. The molecule has 4 heteroatoms.